The Bertz CT molecular complexity index is 544. The molecule has 2 aromatic rings. The molecule has 3 nitrogen and oxygen atoms in total. The van der Waals surface area contributed by atoms with Crippen LogP contribution in [0.15, 0.2) is 41.1 Å². The van der Waals surface area contributed by atoms with Crippen LogP contribution < -0.4 is 4.74 Å². The molecule has 0 aliphatic carbocycles. The third-order valence-corrected chi connectivity index (χ3v) is 3.00. The van der Waals surface area contributed by atoms with Crippen molar-refractivity contribution in [3.05, 3.63) is 52.2 Å². The third-order valence-electron chi connectivity index (χ3n) is 2.32. The Morgan fingerprint density at radius 3 is 2.53 bits per heavy atom. The van der Waals surface area contributed by atoms with E-state index in [-0.39, 0.29) is 0 Å². The van der Waals surface area contributed by atoms with Gasteiger partial charge in [-0.05, 0) is 23.6 Å². The average Bonchev–Trinajstić information content (AvgIpc) is 2.91. The van der Waals surface area contributed by atoms with E-state index in [0.29, 0.717) is 16.9 Å². The van der Waals surface area contributed by atoms with Gasteiger partial charge in [-0.3, -0.25) is 9.59 Å². The summed E-state index contributed by atoms with van der Waals surface area (Å²) in [5.41, 5.74) is 0.781. The van der Waals surface area contributed by atoms with Crippen LogP contribution in [0, 0.1) is 0 Å². The highest BCUT2D eigenvalue weighted by Crippen LogP contribution is 2.16. The lowest BCUT2D eigenvalue weighted by atomic mass is 10.0. The van der Waals surface area contributed by atoms with Crippen LogP contribution in [0.4, 0.5) is 0 Å². The Balaban J connectivity index is 2.28. The molecule has 0 atom stereocenters. The van der Waals surface area contributed by atoms with Crippen molar-refractivity contribution in [3.63, 3.8) is 0 Å². The van der Waals surface area contributed by atoms with E-state index in [1.807, 2.05) is 0 Å². The maximum atomic E-state index is 11.9. The standard InChI is InChI=1S/C13H10O3S/c1-16-11-4-2-3-9(7-11)12(14)13(15)10-5-6-17-8-10/h2-8H,1H3. The van der Waals surface area contributed by atoms with Crippen molar-refractivity contribution in [1.82, 2.24) is 0 Å². The number of carbonyl (C=O) groups is 2. The molecule has 17 heavy (non-hydrogen) atoms. The van der Waals surface area contributed by atoms with Gasteiger partial charge in [-0.15, -0.1) is 0 Å². The summed E-state index contributed by atoms with van der Waals surface area (Å²) in [6.07, 6.45) is 0. The molecule has 0 radical (unpaired) electrons. The fraction of sp³-hybridized carbons (Fsp3) is 0.0769. The van der Waals surface area contributed by atoms with Crippen molar-refractivity contribution in [2.75, 3.05) is 7.11 Å². The Morgan fingerprint density at radius 2 is 1.88 bits per heavy atom. The molecule has 0 amide bonds. The van der Waals surface area contributed by atoms with Crippen LogP contribution in [0.2, 0.25) is 0 Å². The zero-order valence-electron chi connectivity index (χ0n) is 9.17. The summed E-state index contributed by atoms with van der Waals surface area (Å²) in [7, 11) is 1.52. The first-order valence-electron chi connectivity index (χ1n) is 4.97. The normalized spacial score (nSPS) is 9.94. The van der Waals surface area contributed by atoms with Gasteiger partial charge in [0.25, 0.3) is 0 Å². The molecular formula is C13H10O3S. The number of benzene rings is 1. The molecule has 0 unspecified atom stereocenters. The van der Waals surface area contributed by atoms with Gasteiger partial charge in [0, 0.05) is 16.5 Å². The van der Waals surface area contributed by atoms with E-state index < -0.39 is 11.6 Å². The zero-order chi connectivity index (χ0) is 12.3. The van der Waals surface area contributed by atoms with Gasteiger partial charge in [-0.1, -0.05) is 12.1 Å². The van der Waals surface area contributed by atoms with Crippen molar-refractivity contribution < 1.29 is 14.3 Å². The summed E-state index contributed by atoms with van der Waals surface area (Å²) in [6.45, 7) is 0. The summed E-state index contributed by atoms with van der Waals surface area (Å²) in [5, 5.41) is 3.44. The van der Waals surface area contributed by atoms with Gasteiger partial charge in [0.15, 0.2) is 0 Å². The van der Waals surface area contributed by atoms with Gasteiger partial charge >= 0.3 is 0 Å². The summed E-state index contributed by atoms with van der Waals surface area (Å²) >= 11 is 1.39. The van der Waals surface area contributed by atoms with Crippen molar-refractivity contribution in [2.45, 2.75) is 0 Å². The molecule has 0 saturated carbocycles. The van der Waals surface area contributed by atoms with Gasteiger partial charge in [-0.2, -0.15) is 11.3 Å². The van der Waals surface area contributed by atoms with Crippen molar-refractivity contribution in [2.24, 2.45) is 0 Å². The number of ketones is 2. The van der Waals surface area contributed by atoms with Gasteiger partial charge in [0.2, 0.25) is 11.6 Å². The lowest BCUT2D eigenvalue weighted by molar-refractivity contribution is 0.0817. The topological polar surface area (TPSA) is 43.4 Å². The second-order valence-corrected chi connectivity index (χ2v) is 4.18. The van der Waals surface area contributed by atoms with Gasteiger partial charge in [-0.25, -0.2) is 0 Å². The van der Waals surface area contributed by atoms with Crippen LogP contribution in [0.5, 0.6) is 5.75 Å². The zero-order valence-corrected chi connectivity index (χ0v) is 9.99. The predicted octanol–water partition coefficient (Wildman–Crippen LogP) is 2.82. The number of thiophene rings is 1. The highest BCUT2D eigenvalue weighted by molar-refractivity contribution is 7.08. The smallest absolute Gasteiger partial charge is 0.234 e. The maximum Gasteiger partial charge on any atom is 0.234 e. The molecule has 1 aromatic carbocycles. The minimum absolute atomic E-state index is 0.348. The van der Waals surface area contributed by atoms with Crippen LogP contribution in [0.1, 0.15) is 20.7 Å². The second kappa shape index (κ2) is 4.93. The number of carbonyl (C=O) groups excluding carboxylic acids is 2. The lowest BCUT2D eigenvalue weighted by Crippen LogP contribution is -2.13. The third kappa shape index (κ3) is 2.42. The first-order valence-corrected chi connectivity index (χ1v) is 5.92. The Morgan fingerprint density at radius 1 is 1.12 bits per heavy atom. The van der Waals surface area contributed by atoms with Crippen molar-refractivity contribution >= 4 is 22.9 Å². The van der Waals surface area contributed by atoms with Crippen molar-refractivity contribution in [3.8, 4) is 5.75 Å². The van der Waals surface area contributed by atoms with E-state index in [1.54, 1.807) is 41.1 Å². The number of ether oxygens (including phenoxy) is 1. The molecule has 0 saturated heterocycles. The van der Waals surface area contributed by atoms with Gasteiger partial charge in [0.1, 0.15) is 5.75 Å². The van der Waals surface area contributed by atoms with Crippen LogP contribution >= 0.6 is 11.3 Å². The largest absolute Gasteiger partial charge is 0.497 e. The molecule has 2 rings (SSSR count). The van der Waals surface area contributed by atoms with Crippen LogP contribution in [0.3, 0.4) is 0 Å². The number of methoxy groups -OCH3 is 1. The van der Waals surface area contributed by atoms with E-state index in [4.69, 9.17) is 4.74 Å². The number of rotatable bonds is 4. The summed E-state index contributed by atoms with van der Waals surface area (Å²) in [6, 6.07) is 8.23. The Hall–Kier alpha value is -1.94. The Kier molecular flexibility index (Phi) is 3.35. The monoisotopic (exact) mass is 246 g/mol. The fourth-order valence-electron chi connectivity index (χ4n) is 1.42. The quantitative estimate of drug-likeness (QED) is 0.615. The maximum absolute atomic E-state index is 11.9. The first kappa shape index (κ1) is 11.5. The van der Waals surface area contributed by atoms with E-state index in [0.717, 1.165) is 0 Å². The fourth-order valence-corrected chi connectivity index (χ4v) is 2.06. The summed E-state index contributed by atoms with van der Waals surface area (Å²) in [5.74, 6) is -0.434. The molecule has 1 heterocycles. The Labute approximate surface area is 103 Å². The minimum atomic E-state index is -0.512. The first-order chi connectivity index (χ1) is 8.22. The summed E-state index contributed by atoms with van der Waals surface area (Å²) < 4.78 is 5.01. The molecule has 0 spiro atoms. The van der Waals surface area contributed by atoms with E-state index in [2.05, 4.69) is 0 Å². The van der Waals surface area contributed by atoms with Crippen molar-refractivity contribution in [1.29, 1.82) is 0 Å². The highest BCUT2D eigenvalue weighted by atomic mass is 32.1. The van der Waals surface area contributed by atoms with Crippen LogP contribution in [-0.4, -0.2) is 18.7 Å². The second-order valence-electron chi connectivity index (χ2n) is 3.40. The molecule has 0 aliphatic heterocycles. The van der Waals surface area contributed by atoms with E-state index >= 15 is 0 Å². The van der Waals surface area contributed by atoms with Gasteiger partial charge in [0.05, 0.1) is 7.11 Å². The number of hydrogen-bond acceptors (Lipinski definition) is 4. The molecule has 1 aromatic heterocycles. The van der Waals surface area contributed by atoms with E-state index in [1.165, 1.54) is 18.4 Å². The van der Waals surface area contributed by atoms with Gasteiger partial charge < -0.3 is 4.74 Å². The lowest BCUT2D eigenvalue weighted by Gasteiger charge is -2.02. The molecule has 86 valence electrons. The SMILES string of the molecule is COc1cccc(C(=O)C(=O)c2ccsc2)c1. The molecular weight excluding hydrogens is 236 g/mol. The predicted molar refractivity (Wildman–Crippen MR) is 66.0 cm³/mol. The molecule has 0 fully saturated rings. The number of Topliss-reactive ketones (excluding diaryl/α,β-unsaturated/α-hetero) is 2. The summed E-state index contributed by atoms with van der Waals surface area (Å²) in [4.78, 5) is 23.7. The average molecular weight is 246 g/mol. The molecule has 0 bridgehead atoms. The van der Waals surface area contributed by atoms with Crippen LogP contribution in [-0.2, 0) is 0 Å². The molecule has 0 N–H and O–H groups in total. The van der Waals surface area contributed by atoms with E-state index in [9.17, 15) is 9.59 Å². The molecule has 4 heteroatoms. The van der Waals surface area contributed by atoms with Crippen LogP contribution in [0.25, 0.3) is 0 Å². The number of hydrogen-bond donors (Lipinski definition) is 0. The molecule has 0 aliphatic rings. The minimum Gasteiger partial charge on any atom is -0.497 e. The highest BCUT2D eigenvalue weighted by Gasteiger charge is 2.18.